The molecule has 2 saturated heterocycles. The molecule has 9 heteroatoms. The normalized spacial score (nSPS) is 21.9. The summed E-state index contributed by atoms with van der Waals surface area (Å²) in [7, 11) is 0. The summed E-state index contributed by atoms with van der Waals surface area (Å²) in [5.41, 5.74) is 2.71. The van der Waals surface area contributed by atoms with E-state index in [-0.39, 0.29) is 43.0 Å². The van der Waals surface area contributed by atoms with Crippen LogP contribution >= 0.6 is 0 Å². The van der Waals surface area contributed by atoms with Crippen molar-refractivity contribution in [3.05, 3.63) is 58.5 Å². The van der Waals surface area contributed by atoms with E-state index in [2.05, 4.69) is 15.2 Å². The Hall–Kier alpha value is -3.33. The van der Waals surface area contributed by atoms with Crippen LogP contribution in [0.3, 0.4) is 0 Å². The lowest BCUT2D eigenvalue weighted by atomic mass is 9.85. The minimum Gasteiger partial charge on any atom is -0.493 e. The molecule has 3 aliphatic heterocycles. The molecule has 33 heavy (non-hydrogen) atoms. The monoisotopic (exact) mass is 452 g/mol. The number of carbonyl (C=O) groups is 3. The van der Waals surface area contributed by atoms with Crippen molar-refractivity contribution >= 4 is 17.7 Å². The molecule has 1 aromatic heterocycles. The number of rotatable bonds is 4. The van der Waals surface area contributed by atoms with E-state index in [1.54, 1.807) is 12.3 Å². The van der Waals surface area contributed by atoms with Crippen LogP contribution in [0.5, 0.6) is 5.88 Å². The lowest BCUT2D eigenvalue weighted by Crippen LogP contribution is -2.52. The molecule has 3 amide bonds. The summed E-state index contributed by atoms with van der Waals surface area (Å²) < 4.78 is 14.5. The molecule has 4 heterocycles. The van der Waals surface area contributed by atoms with Gasteiger partial charge in [0.15, 0.2) is 0 Å². The number of pyridine rings is 1. The SMILES string of the molecule is O=C1CCC(N2Cc3c(cc(F)cc3C3CCN(Cc4cccnc4O)CC3)C2=O)C(=O)N1. The molecule has 0 bridgehead atoms. The van der Waals surface area contributed by atoms with Gasteiger partial charge in [-0.25, -0.2) is 9.37 Å². The maximum Gasteiger partial charge on any atom is 0.255 e. The third-order valence-corrected chi connectivity index (χ3v) is 6.94. The molecular formula is C24H25FN4O4. The maximum atomic E-state index is 14.5. The number of benzene rings is 1. The third-order valence-electron chi connectivity index (χ3n) is 6.94. The van der Waals surface area contributed by atoms with E-state index < -0.39 is 17.8 Å². The number of hydrogen-bond donors (Lipinski definition) is 2. The number of piperidine rings is 2. The number of likely N-dealkylation sites (tertiary alicyclic amines) is 1. The van der Waals surface area contributed by atoms with E-state index in [0.29, 0.717) is 12.1 Å². The molecule has 0 spiro atoms. The minimum absolute atomic E-state index is 0.0367. The van der Waals surface area contributed by atoms with Gasteiger partial charge in [-0.3, -0.25) is 24.6 Å². The highest BCUT2D eigenvalue weighted by atomic mass is 19.1. The average molecular weight is 452 g/mol. The maximum absolute atomic E-state index is 14.5. The number of nitrogens with zero attached hydrogens (tertiary/aromatic N) is 3. The predicted octanol–water partition coefficient (Wildman–Crippen LogP) is 2.07. The van der Waals surface area contributed by atoms with Crippen LogP contribution in [0.15, 0.2) is 30.5 Å². The first-order valence-electron chi connectivity index (χ1n) is 11.2. The number of aromatic hydroxyl groups is 1. The fourth-order valence-electron chi connectivity index (χ4n) is 5.21. The number of nitrogens with one attached hydrogen (secondary N) is 1. The fourth-order valence-corrected chi connectivity index (χ4v) is 5.21. The Morgan fingerprint density at radius 2 is 1.94 bits per heavy atom. The zero-order valence-electron chi connectivity index (χ0n) is 18.1. The Bertz CT molecular complexity index is 1130. The van der Waals surface area contributed by atoms with Crippen LogP contribution in [0.4, 0.5) is 4.39 Å². The summed E-state index contributed by atoms with van der Waals surface area (Å²) in [6, 6.07) is 5.71. The van der Waals surface area contributed by atoms with Crippen LogP contribution in [0.25, 0.3) is 0 Å². The number of aromatic nitrogens is 1. The highest BCUT2D eigenvalue weighted by Crippen LogP contribution is 2.38. The summed E-state index contributed by atoms with van der Waals surface area (Å²) >= 11 is 0. The second-order valence-corrected chi connectivity index (χ2v) is 8.96. The second kappa shape index (κ2) is 8.55. The first-order chi connectivity index (χ1) is 15.9. The molecule has 2 N–H and O–H groups in total. The summed E-state index contributed by atoms with van der Waals surface area (Å²) in [6.45, 7) is 2.39. The van der Waals surface area contributed by atoms with Crippen LogP contribution in [0.1, 0.15) is 58.6 Å². The largest absolute Gasteiger partial charge is 0.493 e. The fraction of sp³-hybridized carbons (Fsp3) is 0.417. The molecule has 172 valence electrons. The molecule has 1 atom stereocenters. The first-order valence-corrected chi connectivity index (χ1v) is 11.2. The quantitative estimate of drug-likeness (QED) is 0.689. The summed E-state index contributed by atoms with van der Waals surface area (Å²) in [5, 5.41) is 12.2. The Morgan fingerprint density at radius 1 is 1.15 bits per heavy atom. The van der Waals surface area contributed by atoms with E-state index in [4.69, 9.17) is 0 Å². The summed E-state index contributed by atoms with van der Waals surface area (Å²) in [5.74, 6) is -1.48. The predicted molar refractivity (Wildman–Crippen MR) is 116 cm³/mol. The molecule has 1 unspecified atom stereocenters. The molecule has 5 rings (SSSR count). The standard InChI is InChI=1S/C24H25FN4O4/c25-16-10-17(14-5-8-28(9-6-14)12-15-2-1-7-26-22(15)31)19-13-29(24(33)18(19)11-16)20-3-4-21(30)27-23(20)32/h1-2,7,10-11,14,20H,3-6,8-9,12-13H2,(H,26,31)(H,27,30,32). The number of halogens is 1. The topological polar surface area (TPSA) is 103 Å². The number of amides is 3. The number of fused-ring (bicyclic) bond motifs is 1. The van der Waals surface area contributed by atoms with Gasteiger partial charge in [0, 0.05) is 36.8 Å². The van der Waals surface area contributed by atoms with Crippen molar-refractivity contribution in [2.75, 3.05) is 13.1 Å². The van der Waals surface area contributed by atoms with Crippen molar-refractivity contribution in [2.24, 2.45) is 0 Å². The highest BCUT2D eigenvalue weighted by molar-refractivity contribution is 6.05. The van der Waals surface area contributed by atoms with Gasteiger partial charge in [0.05, 0.1) is 0 Å². The Morgan fingerprint density at radius 3 is 2.67 bits per heavy atom. The van der Waals surface area contributed by atoms with Crippen LogP contribution in [0.2, 0.25) is 0 Å². The molecule has 0 saturated carbocycles. The van der Waals surface area contributed by atoms with E-state index in [1.165, 1.54) is 17.0 Å². The van der Waals surface area contributed by atoms with Crippen molar-refractivity contribution in [2.45, 2.75) is 50.7 Å². The van der Waals surface area contributed by atoms with Crippen LogP contribution < -0.4 is 5.32 Å². The van der Waals surface area contributed by atoms with E-state index in [0.717, 1.165) is 42.6 Å². The highest BCUT2D eigenvalue weighted by Gasteiger charge is 2.41. The van der Waals surface area contributed by atoms with Gasteiger partial charge in [0.2, 0.25) is 17.7 Å². The molecule has 0 aliphatic carbocycles. The van der Waals surface area contributed by atoms with Crippen LogP contribution in [0, 0.1) is 5.82 Å². The molecule has 3 aliphatic rings. The van der Waals surface area contributed by atoms with E-state index in [1.807, 2.05) is 6.07 Å². The van der Waals surface area contributed by atoms with Crippen molar-refractivity contribution < 1.29 is 23.9 Å². The average Bonchev–Trinajstić information content (AvgIpc) is 3.11. The number of carbonyl (C=O) groups excluding carboxylic acids is 3. The second-order valence-electron chi connectivity index (χ2n) is 8.96. The van der Waals surface area contributed by atoms with Gasteiger partial charge >= 0.3 is 0 Å². The first kappa shape index (κ1) is 21.5. The zero-order valence-corrected chi connectivity index (χ0v) is 18.1. The van der Waals surface area contributed by atoms with Crippen LogP contribution in [-0.4, -0.2) is 56.7 Å². The minimum atomic E-state index is -0.715. The Balaban J connectivity index is 1.32. The van der Waals surface area contributed by atoms with Crippen molar-refractivity contribution in [3.63, 3.8) is 0 Å². The molecule has 1 aromatic carbocycles. The van der Waals surface area contributed by atoms with Crippen LogP contribution in [-0.2, 0) is 22.7 Å². The third kappa shape index (κ3) is 4.08. The Kier molecular flexibility index (Phi) is 5.57. The molecule has 8 nitrogen and oxygen atoms in total. The summed E-state index contributed by atoms with van der Waals surface area (Å²) in [4.78, 5) is 44.5. The van der Waals surface area contributed by atoms with Gasteiger partial charge in [-0.15, -0.1) is 0 Å². The van der Waals surface area contributed by atoms with E-state index in [9.17, 15) is 23.9 Å². The van der Waals surface area contributed by atoms with Crippen molar-refractivity contribution in [1.29, 1.82) is 0 Å². The Labute approximate surface area is 190 Å². The smallest absolute Gasteiger partial charge is 0.255 e. The van der Waals surface area contributed by atoms with Gasteiger partial charge in [-0.1, -0.05) is 6.07 Å². The van der Waals surface area contributed by atoms with Gasteiger partial charge < -0.3 is 10.0 Å². The van der Waals surface area contributed by atoms with Gasteiger partial charge in [0.25, 0.3) is 5.91 Å². The van der Waals surface area contributed by atoms with Crippen molar-refractivity contribution in [3.8, 4) is 5.88 Å². The number of hydrogen-bond acceptors (Lipinski definition) is 6. The zero-order chi connectivity index (χ0) is 23.1. The van der Waals surface area contributed by atoms with Gasteiger partial charge in [-0.2, -0.15) is 0 Å². The lowest BCUT2D eigenvalue weighted by Gasteiger charge is -2.33. The van der Waals surface area contributed by atoms with Gasteiger partial charge in [-0.05, 0) is 67.6 Å². The van der Waals surface area contributed by atoms with Gasteiger partial charge in [0.1, 0.15) is 11.9 Å². The van der Waals surface area contributed by atoms with Crippen molar-refractivity contribution in [1.82, 2.24) is 20.1 Å². The molecule has 0 radical (unpaired) electrons. The number of imide groups is 1. The molecule has 2 aromatic rings. The molecular weight excluding hydrogens is 427 g/mol. The molecule has 2 fully saturated rings. The van der Waals surface area contributed by atoms with E-state index >= 15 is 0 Å². The lowest BCUT2D eigenvalue weighted by molar-refractivity contribution is -0.136. The summed E-state index contributed by atoms with van der Waals surface area (Å²) in [6.07, 6.45) is 3.60.